The number of hydrogen-bond acceptors (Lipinski definition) is 6. The summed E-state index contributed by atoms with van der Waals surface area (Å²) in [6.45, 7) is 5.92. The molecule has 2 aliphatic heterocycles. The molecule has 0 saturated carbocycles. The lowest BCUT2D eigenvalue weighted by molar-refractivity contribution is -0.210. The molecule has 0 bridgehead atoms. The third-order valence-electron chi connectivity index (χ3n) is 5.70. The molecule has 4 rings (SSSR count). The zero-order valence-corrected chi connectivity index (χ0v) is 19.5. The molecular formula is C24H30ClN3O4. The first kappa shape index (κ1) is 24.0. The number of hydrazone groups is 1. The van der Waals surface area contributed by atoms with Crippen LogP contribution in [0.4, 0.5) is 0 Å². The summed E-state index contributed by atoms with van der Waals surface area (Å²) in [4.78, 5) is 19.0. The first-order chi connectivity index (χ1) is 15.0. The van der Waals surface area contributed by atoms with Gasteiger partial charge in [-0.25, -0.2) is 4.84 Å². The fourth-order valence-corrected chi connectivity index (χ4v) is 3.81. The Bertz CT molecular complexity index is 959. The quantitative estimate of drug-likeness (QED) is 0.678. The highest BCUT2D eigenvalue weighted by molar-refractivity contribution is 6.19. The van der Waals surface area contributed by atoms with Gasteiger partial charge >= 0.3 is 0 Å². The van der Waals surface area contributed by atoms with Crippen LogP contribution in [0.15, 0.2) is 53.6 Å². The summed E-state index contributed by atoms with van der Waals surface area (Å²) >= 11 is 0. The molecule has 0 unspecified atom stereocenters. The van der Waals surface area contributed by atoms with Gasteiger partial charge in [0.2, 0.25) is 0 Å². The molecule has 1 fully saturated rings. The molecule has 7 nitrogen and oxygen atoms in total. The summed E-state index contributed by atoms with van der Waals surface area (Å²) in [5.74, 6) is 1.07. The van der Waals surface area contributed by atoms with Gasteiger partial charge in [-0.3, -0.25) is 4.79 Å². The fourth-order valence-electron chi connectivity index (χ4n) is 3.81. The van der Waals surface area contributed by atoms with Gasteiger partial charge < -0.3 is 14.8 Å². The maximum absolute atomic E-state index is 13.0. The van der Waals surface area contributed by atoms with Gasteiger partial charge in [0.15, 0.2) is 11.5 Å². The van der Waals surface area contributed by atoms with Gasteiger partial charge in [0, 0.05) is 5.56 Å². The summed E-state index contributed by atoms with van der Waals surface area (Å²) in [5, 5.41) is 9.04. The van der Waals surface area contributed by atoms with Crippen molar-refractivity contribution >= 4 is 24.0 Å². The predicted octanol–water partition coefficient (Wildman–Crippen LogP) is 3.95. The van der Waals surface area contributed by atoms with E-state index in [0.29, 0.717) is 23.8 Å². The highest BCUT2D eigenvalue weighted by Crippen LogP contribution is 2.36. The van der Waals surface area contributed by atoms with Crippen LogP contribution in [0.25, 0.3) is 0 Å². The van der Waals surface area contributed by atoms with E-state index >= 15 is 0 Å². The highest BCUT2D eigenvalue weighted by atomic mass is 35.5. The predicted molar refractivity (Wildman–Crippen MR) is 125 cm³/mol. The minimum atomic E-state index is -0.807. The molecule has 1 N–H and O–H groups in total. The standard InChI is InChI=1S/C24H29N3O4.ClH/c1-24(2)22(26-27(23(24)28)31-19-11-13-25-14-12-19)18-9-10-20(29-3)21(15-18)30-16-17-7-5-4-6-8-17;/h4-10,15,19,25H,11-14,16H2,1-3H3;1H. The average Bonchev–Trinajstić information content (AvgIpc) is 3.02. The first-order valence-corrected chi connectivity index (χ1v) is 10.7. The van der Waals surface area contributed by atoms with E-state index in [1.165, 1.54) is 5.17 Å². The number of nitrogens with one attached hydrogen (secondary N) is 1. The minimum absolute atomic E-state index is 0. The molecule has 2 aromatic rings. The van der Waals surface area contributed by atoms with E-state index in [2.05, 4.69) is 10.4 Å². The van der Waals surface area contributed by atoms with E-state index in [9.17, 15) is 4.79 Å². The van der Waals surface area contributed by atoms with Gasteiger partial charge in [-0.1, -0.05) is 30.3 Å². The van der Waals surface area contributed by atoms with E-state index in [1.807, 2.05) is 62.4 Å². The van der Waals surface area contributed by atoms with Crippen molar-refractivity contribution < 1.29 is 19.1 Å². The number of piperidine rings is 1. The van der Waals surface area contributed by atoms with Gasteiger partial charge in [-0.05, 0) is 63.5 Å². The Labute approximate surface area is 195 Å². The van der Waals surface area contributed by atoms with Crippen molar-refractivity contribution in [2.75, 3.05) is 20.2 Å². The van der Waals surface area contributed by atoms with Gasteiger partial charge in [0.25, 0.3) is 5.91 Å². The second-order valence-electron chi connectivity index (χ2n) is 8.35. The number of ether oxygens (including phenoxy) is 2. The third kappa shape index (κ3) is 5.06. The lowest BCUT2D eigenvalue weighted by Crippen LogP contribution is -2.40. The van der Waals surface area contributed by atoms with Crippen LogP contribution in [0.3, 0.4) is 0 Å². The van der Waals surface area contributed by atoms with Crippen molar-refractivity contribution in [1.29, 1.82) is 0 Å². The first-order valence-electron chi connectivity index (χ1n) is 10.7. The second kappa shape index (κ2) is 10.3. The van der Waals surface area contributed by atoms with Crippen LogP contribution in [0.5, 0.6) is 11.5 Å². The number of benzene rings is 2. The molecule has 2 aliphatic rings. The van der Waals surface area contributed by atoms with Crippen LogP contribution in [0.2, 0.25) is 0 Å². The van der Waals surface area contributed by atoms with Gasteiger partial charge in [0.05, 0.1) is 24.3 Å². The fraction of sp³-hybridized carbons (Fsp3) is 0.417. The summed E-state index contributed by atoms with van der Waals surface area (Å²) in [5.41, 5.74) is 1.71. The molecular weight excluding hydrogens is 430 g/mol. The molecule has 0 atom stereocenters. The Hall–Kier alpha value is -2.61. The minimum Gasteiger partial charge on any atom is -0.493 e. The largest absolute Gasteiger partial charge is 0.493 e. The Balaban J connectivity index is 0.00000289. The monoisotopic (exact) mass is 459 g/mol. The summed E-state index contributed by atoms with van der Waals surface area (Å²) in [6.07, 6.45) is 1.70. The lowest BCUT2D eigenvalue weighted by Gasteiger charge is -2.26. The van der Waals surface area contributed by atoms with Crippen LogP contribution in [-0.2, 0) is 16.2 Å². The zero-order chi connectivity index (χ0) is 21.8. The van der Waals surface area contributed by atoms with Gasteiger partial charge in [0.1, 0.15) is 6.61 Å². The number of amides is 1. The van der Waals surface area contributed by atoms with E-state index in [4.69, 9.17) is 14.3 Å². The number of halogens is 1. The number of hydrogen-bond donors (Lipinski definition) is 1. The van der Waals surface area contributed by atoms with Gasteiger partial charge in [-0.2, -0.15) is 0 Å². The smallest absolute Gasteiger partial charge is 0.280 e. The number of rotatable bonds is 7. The third-order valence-corrected chi connectivity index (χ3v) is 5.70. The normalized spacial score (nSPS) is 18.2. The molecule has 0 spiro atoms. The molecule has 1 amide bonds. The van der Waals surface area contributed by atoms with E-state index < -0.39 is 5.41 Å². The molecule has 2 aromatic carbocycles. The molecule has 0 radical (unpaired) electrons. The van der Waals surface area contributed by atoms with E-state index in [1.54, 1.807) is 7.11 Å². The Morgan fingerprint density at radius 2 is 1.81 bits per heavy atom. The molecule has 172 valence electrons. The topological polar surface area (TPSA) is 72.4 Å². The number of methoxy groups -OCH3 is 1. The van der Waals surface area contributed by atoms with Crippen molar-refractivity contribution in [2.45, 2.75) is 39.4 Å². The zero-order valence-electron chi connectivity index (χ0n) is 18.7. The van der Waals surface area contributed by atoms with Crippen LogP contribution in [-0.4, -0.2) is 43.1 Å². The van der Waals surface area contributed by atoms with Crippen molar-refractivity contribution in [3.05, 3.63) is 59.7 Å². The van der Waals surface area contributed by atoms with Crippen LogP contribution in [0.1, 0.15) is 37.8 Å². The maximum Gasteiger partial charge on any atom is 0.280 e. The molecule has 2 heterocycles. The Kier molecular flexibility index (Phi) is 7.77. The highest BCUT2D eigenvalue weighted by Gasteiger charge is 2.45. The second-order valence-corrected chi connectivity index (χ2v) is 8.35. The van der Waals surface area contributed by atoms with Crippen molar-refractivity contribution in [2.24, 2.45) is 10.5 Å². The Morgan fingerprint density at radius 1 is 1.09 bits per heavy atom. The molecule has 0 aromatic heterocycles. The molecule has 1 saturated heterocycles. The number of hydroxylamine groups is 1. The van der Waals surface area contributed by atoms with Crippen LogP contribution < -0.4 is 14.8 Å². The van der Waals surface area contributed by atoms with Crippen molar-refractivity contribution in [1.82, 2.24) is 10.5 Å². The summed E-state index contributed by atoms with van der Waals surface area (Å²) in [6, 6.07) is 15.6. The van der Waals surface area contributed by atoms with Crippen LogP contribution in [0, 0.1) is 5.41 Å². The summed E-state index contributed by atoms with van der Waals surface area (Å²) in [7, 11) is 1.61. The Morgan fingerprint density at radius 3 is 2.50 bits per heavy atom. The molecule has 8 heteroatoms. The number of carbonyl (C=O) groups excluding carboxylic acids is 1. The SMILES string of the molecule is COc1ccc(C2=NN(OC3CCNCC3)C(=O)C2(C)C)cc1OCc1ccccc1.Cl. The number of nitrogens with zero attached hydrogens (tertiary/aromatic N) is 2. The van der Waals surface area contributed by atoms with Crippen LogP contribution >= 0.6 is 12.4 Å². The lowest BCUT2D eigenvalue weighted by atomic mass is 9.83. The van der Waals surface area contributed by atoms with Crippen molar-refractivity contribution in [3.63, 3.8) is 0 Å². The average molecular weight is 460 g/mol. The van der Waals surface area contributed by atoms with E-state index in [0.717, 1.165) is 37.1 Å². The summed E-state index contributed by atoms with van der Waals surface area (Å²) < 4.78 is 11.5. The van der Waals surface area contributed by atoms with E-state index in [-0.39, 0.29) is 24.4 Å². The number of carbonyl (C=O) groups is 1. The molecule has 32 heavy (non-hydrogen) atoms. The maximum atomic E-state index is 13.0. The van der Waals surface area contributed by atoms with Gasteiger partial charge in [-0.15, -0.1) is 22.7 Å². The molecule has 0 aliphatic carbocycles. The van der Waals surface area contributed by atoms with Crippen molar-refractivity contribution in [3.8, 4) is 11.5 Å².